The fourth-order valence-electron chi connectivity index (χ4n) is 3.12. The molecule has 0 saturated carbocycles. The Hall–Kier alpha value is -2.55. The highest BCUT2D eigenvalue weighted by atomic mass is 32.1. The molecule has 1 unspecified atom stereocenters. The first kappa shape index (κ1) is 21.2. The summed E-state index contributed by atoms with van der Waals surface area (Å²) in [6.45, 7) is 3.04. The summed E-state index contributed by atoms with van der Waals surface area (Å²) >= 11 is 1.52. The van der Waals surface area contributed by atoms with Crippen LogP contribution in [-0.2, 0) is 23.3 Å². The molecule has 1 aromatic heterocycles. The molecule has 6 nitrogen and oxygen atoms in total. The lowest BCUT2D eigenvalue weighted by atomic mass is 9.92. The summed E-state index contributed by atoms with van der Waals surface area (Å²) < 4.78 is 29.0. The molecule has 1 aliphatic heterocycles. The quantitative estimate of drug-likeness (QED) is 0.643. The van der Waals surface area contributed by atoms with Gasteiger partial charge in [0.05, 0.1) is 17.2 Å². The van der Waals surface area contributed by atoms with E-state index in [0.29, 0.717) is 17.2 Å². The maximum absolute atomic E-state index is 13.0. The number of amides is 3. The number of hydrogen-bond donors (Lipinski definition) is 1. The Labute approximate surface area is 171 Å². The van der Waals surface area contributed by atoms with E-state index < -0.39 is 24.1 Å². The van der Waals surface area contributed by atoms with E-state index in [-0.39, 0.29) is 12.3 Å². The fourth-order valence-corrected chi connectivity index (χ4v) is 3.92. The molecule has 0 spiro atoms. The largest absolute Gasteiger partial charge is 0.435 e. The third-order valence-electron chi connectivity index (χ3n) is 4.79. The first-order valence-corrected chi connectivity index (χ1v) is 10.2. The van der Waals surface area contributed by atoms with Crippen LogP contribution in [0.2, 0.25) is 0 Å². The highest BCUT2D eigenvalue weighted by Gasteiger charge is 2.49. The lowest BCUT2D eigenvalue weighted by molar-refractivity contribution is -0.131. The van der Waals surface area contributed by atoms with Gasteiger partial charge in [0, 0.05) is 5.38 Å². The number of aromatic nitrogens is 1. The van der Waals surface area contributed by atoms with Crippen LogP contribution in [0.1, 0.15) is 43.5 Å². The SMILES string of the molecule is CC(C)CCc1nc(CN2C(=O)NC(C)(c3ccc(OC(F)F)cc3)C2=O)cs1. The Bertz CT molecular complexity index is 885. The standard InChI is InChI=1S/C20H23F2N3O3S/c1-12(2)4-9-16-23-14(11-29-16)10-25-17(26)20(3,24-19(25)27)13-5-7-15(8-6-13)28-18(21)22/h5-8,11-12,18H,4,9-10H2,1-3H3,(H,24,27). The number of hydrogen-bond acceptors (Lipinski definition) is 5. The van der Waals surface area contributed by atoms with Crippen LogP contribution in [-0.4, -0.2) is 28.4 Å². The van der Waals surface area contributed by atoms with Crippen LogP contribution in [0.15, 0.2) is 29.6 Å². The number of carbonyl (C=O) groups is 2. The van der Waals surface area contributed by atoms with Crippen LogP contribution in [0.5, 0.6) is 5.75 Å². The maximum atomic E-state index is 13.0. The minimum Gasteiger partial charge on any atom is -0.435 e. The highest BCUT2D eigenvalue weighted by molar-refractivity contribution is 7.09. The van der Waals surface area contributed by atoms with Crippen molar-refractivity contribution in [2.24, 2.45) is 5.92 Å². The maximum Gasteiger partial charge on any atom is 0.387 e. The smallest absolute Gasteiger partial charge is 0.387 e. The van der Waals surface area contributed by atoms with Gasteiger partial charge in [-0.15, -0.1) is 11.3 Å². The number of nitrogens with one attached hydrogen (secondary N) is 1. The summed E-state index contributed by atoms with van der Waals surface area (Å²) in [5, 5.41) is 5.55. The molecule has 1 aliphatic rings. The Morgan fingerprint density at radius 2 is 1.93 bits per heavy atom. The molecule has 3 amide bonds. The molecule has 1 N–H and O–H groups in total. The van der Waals surface area contributed by atoms with Crippen LogP contribution in [0.3, 0.4) is 0 Å². The van der Waals surface area contributed by atoms with Gasteiger partial charge in [-0.25, -0.2) is 9.78 Å². The number of thiazole rings is 1. The zero-order valence-corrected chi connectivity index (χ0v) is 17.3. The molecule has 1 atom stereocenters. The predicted octanol–water partition coefficient (Wildman–Crippen LogP) is 4.30. The number of imide groups is 1. The molecule has 9 heteroatoms. The van der Waals surface area contributed by atoms with Gasteiger partial charge in [-0.3, -0.25) is 9.69 Å². The van der Waals surface area contributed by atoms with Crippen molar-refractivity contribution in [3.05, 3.63) is 45.9 Å². The van der Waals surface area contributed by atoms with Crippen molar-refractivity contribution in [3.63, 3.8) is 0 Å². The number of ether oxygens (including phenoxy) is 1. The van der Waals surface area contributed by atoms with E-state index in [0.717, 1.165) is 22.7 Å². The zero-order valence-electron chi connectivity index (χ0n) is 16.4. The predicted molar refractivity (Wildman–Crippen MR) is 105 cm³/mol. The van der Waals surface area contributed by atoms with E-state index >= 15 is 0 Å². The van der Waals surface area contributed by atoms with Gasteiger partial charge in [-0.1, -0.05) is 26.0 Å². The van der Waals surface area contributed by atoms with Crippen molar-refractivity contribution in [2.45, 2.75) is 52.3 Å². The molecule has 0 bridgehead atoms. The third kappa shape index (κ3) is 4.72. The van der Waals surface area contributed by atoms with E-state index in [4.69, 9.17) is 0 Å². The van der Waals surface area contributed by atoms with Gasteiger partial charge in [-0.2, -0.15) is 8.78 Å². The number of urea groups is 1. The van der Waals surface area contributed by atoms with Crippen LogP contribution in [0.25, 0.3) is 0 Å². The Morgan fingerprint density at radius 3 is 2.55 bits per heavy atom. The number of aryl methyl sites for hydroxylation is 1. The second kappa shape index (κ2) is 8.44. The number of rotatable bonds is 8. The molecular weight excluding hydrogens is 400 g/mol. The molecule has 29 heavy (non-hydrogen) atoms. The topological polar surface area (TPSA) is 71.5 Å². The van der Waals surface area contributed by atoms with E-state index in [1.807, 2.05) is 5.38 Å². The summed E-state index contributed by atoms with van der Waals surface area (Å²) in [6, 6.07) is 5.16. The van der Waals surface area contributed by atoms with E-state index in [1.165, 1.54) is 35.6 Å². The minimum absolute atomic E-state index is 0.0163. The summed E-state index contributed by atoms with van der Waals surface area (Å²) in [5.74, 6) is 0.144. The lowest BCUT2D eigenvalue weighted by Gasteiger charge is -2.22. The molecule has 1 fully saturated rings. The van der Waals surface area contributed by atoms with Crippen molar-refractivity contribution < 1.29 is 23.1 Å². The molecular formula is C20H23F2N3O3S. The summed E-state index contributed by atoms with van der Waals surface area (Å²) in [6.07, 6.45) is 1.90. The average molecular weight is 423 g/mol. The zero-order chi connectivity index (χ0) is 21.2. The van der Waals surface area contributed by atoms with Crippen LogP contribution < -0.4 is 10.1 Å². The van der Waals surface area contributed by atoms with Crippen molar-refractivity contribution in [1.29, 1.82) is 0 Å². The normalized spacial score (nSPS) is 19.3. The van der Waals surface area contributed by atoms with E-state index in [2.05, 4.69) is 28.9 Å². The molecule has 1 saturated heterocycles. The second-order valence-corrected chi connectivity index (χ2v) is 8.46. The van der Waals surface area contributed by atoms with Gasteiger partial charge < -0.3 is 10.1 Å². The van der Waals surface area contributed by atoms with Crippen molar-refractivity contribution in [1.82, 2.24) is 15.2 Å². The summed E-state index contributed by atoms with van der Waals surface area (Å²) in [7, 11) is 0. The molecule has 156 valence electrons. The number of benzene rings is 1. The van der Waals surface area contributed by atoms with Gasteiger partial charge >= 0.3 is 12.6 Å². The number of alkyl halides is 2. The highest BCUT2D eigenvalue weighted by Crippen LogP contribution is 2.31. The van der Waals surface area contributed by atoms with Crippen molar-refractivity contribution in [3.8, 4) is 5.75 Å². The fraction of sp³-hybridized carbons (Fsp3) is 0.450. The monoisotopic (exact) mass is 423 g/mol. The molecule has 2 aromatic rings. The van der Waals surface area contributed by atoms with Gasteiger partial charge in [0.2, 0.25) is 0 Å². The summed E-state index contributed by atoms with van der Waals surface area (Å²) in [4.78, 5) is 31.1. The van der Waals surface area contributed by atoms with Crippen LogP contribution in [0.4, 0.5) is 13.6 Å². The minimum atomic E-state index is -2.93. The van der Waals surface area contributed by atoms with E-state index in [1.54, 1.807) is 6.92 Å². The number of carbonyl (C=O) groups excluding carboxylic acids is 2. The lowest BCUT2D eigenvalue weighted by Crippen LogP contribution is -2.40. The van der Waals surface area contributed by atoms with Crippen molar-refractivity contribution >= 4 is 23.3 Å². The molecule has 0 aliphatic carbocycles. The Kier molecular flexibility index (Phi) is 6.16. The Morgan fingerprint density at radius 1 is 1.24 bits per heavy atom. The summed E-state index contributed by atoms with van der Waals surface area (Å²) in [5.41, 5.74) is -0.130. The second-order valence-electron chi connectivity index (χ2n) is 7.51. The number of nitrogens with zero attached hydrogens (tertiary/aromatic N) is 2. The molecule has 2 heterocycles. The van der Waals surface area contributed by atoms with Gasteiger partial charge in [0.25, 0.3) is 5.91 Å². The first-order valence-electron chi connectivity index (χ1n) is 9.32. The van der Waals surface area contributed by atoms with Gasteiger partial charge in [0.15, 0.2) is 0 Å². The van der Waals surface area contributed by atoms with Gasteiger partial charge in [-0.05, 0) is 43.4 Å². The molecule has 1 aromatic carbocycles. The van der Waals surface area contributed by atoms with Gasteiger partial charge in [0.1, 0.15) is 11.3 Å². The molecule has 0 radical (unpaired) electrons. The van der Waals surface area contributed by atoms with Crippen molar-refractivity contribution in [2.75, 3.05) is 0 Å². The van der Waals surface area contributed by atoms with Crippen LogP contribution >= 0.6 is 11.3 Å². The Balaban J connectivity index is 1.72. The first-order chi connectivity index (χ1) is 13.7. The average Bonchev–Trinajstić information content (AvgIpc) is 3.19. The van der Waals surface area contributed by atoms with Crippen LogP contribution in [0, 0.1) is 5.92 Å². The molecule has 3 rings (SSSR count). The number of halogens is 2. The van der Waals surface area contributed by atoms with E-state index in [9.17, 15) is 18.4 Å². The third-order valence-corrected chi connectivity index (χ3v) is 5.74.